The van der Waals surface area contributed by atoms with Crippen LogP contribution in [0.4, 0.5) is 4.39 Å². The Morgan fingerprint density at radius 2 is 1.81 bits per heavy atom. The highest BCUT2D eigenvalue weighted by molar-refractivity contribution is 8.06. The summed E-state index contributed by atoms with van der Waals surface area (Å²) in [7, 11) is -4.22. The summed E-state index contributed by atoms with van der Waals surface area (Å²) in [5.41, 5.74) is 1.14. The van der Waals surface area contributed by atoms with Crippen LogP contribution < -0.4 is 4.74 Å². The zero-order chi connectivity index (χ0) is 23.5. The van der Waals surface area contributed by atoms with Crippen LogP contribution >= 0.6 is 0 Å². The van der Waals surface area contributed by atoms with E-state index in [0.29, 0.717) is 28.7 Å². The molecule has 0 bridgehead atoms. The van der Waals surface area contributed by atoms with E-state index >= 15 is 0 Å². The summed E-state index contributed by atoms with van der Waals surface area (Å²) >= 11 is 0. The molecule has 2 aromatic carbocycles. The zero-order valence-electron chi connectivity index (χ0n) is 17.3. The molecular formula is C22H21FN2O6S. The molecule has 3 aromatic rings. The lowest BCUT2D eigenvalue weighted by molar-refractivity contribution is -0.139. The van der Waals surface area contributed by atoms with Gasteiger partial charge in [-0.1, -0.05) is 6.92 Å². The maximum Gasteiger partial charge on any atom is 0.313 e. The first kappa shape index (κ1) is 23.1. The minimum absolute atomic E-state index is 0.00838. The number of carboxylic acid groups (broad SMARTS) is 1. The normalized spacial score (nSPS) is 12.3. The lowest BCUT2D eigenvalue weighted by Gasteiger charge is -2.12. The Balaban J connectivity index is 1.71. The van der Waals surface area contributed by atoms with Crippen molar-refractivity contribution < 1.29 is 31.9 Å². The van der Waals surface area contributed by atoms with Gasteiger partial charge in [0.1, 0.15) is 40.6 Å². The molecule has 0 amide bonds. The minimum atomic E-state index is -4.22. The van der Waals surface area contributed by atoms with Gasteiger partial charge >= 0.3 is 5.97 Å². The Kier molecular flexibility index (Phi) is 6.73. The van der Waals surface area contributed by atoms with Crippen LogP contribution in [0.2, 0.25) is 0 Å². The number of hydrogen-bond donors (Lipinski definition) is 2. The number of nitrogens with one attached hydrogen (secondary N) is 1. The van der Waals surface area contributed by atoms with E-state index in [1.165, 1.54) is 43.3 Å². The molecule has 0 saturated carbocycles. The van der Waals surface area contributed by atoms with Crippen LogP contribution in [0.1, 0.15) is 24.8 Å². The monoisotopic (exact) mass is 460 g/mol. The molecule has 0 radical (unpaired) electrons. The third-order valence-electron chi connectivity index (χ3n) is 4.81. The van der Waals surface area contributed by atoms with E-state index in [0.717, 1.165) is 0 Å². The van der Waals surface area contributed by atoms with Crippen molar-refractivity contribution in [3.05, 3.63) is 65.8 Å². The van der Waals surface area contributed by atoms with Crippen LogP contribution in [-0.4, -0.2) is 29.5 Å². The molecule has 1 atom stereocenters. The molecule has 10 heteroatoms. The quantitative estimate of drug-likeness (QED) is 0.380. The van der Waals surface area contributed by atoms with Gasteiger partial charge in [-0.05, 0) is 61.9 Å². The van der Waals surface area contributed by atoms with E-state index in [1.54, 1.807) is 19.1 Å². The molecule has 1 heterocycles. The van der Waals surface area contributed by atoms with Gasteiger partial charge < -0.3 is 14.3 Å². The Bertz CT molecular complexity index is 1230. The number of aromatic nitrogens is 1. The van der Waals surface area contributed by atoms with E-state index in [4.69, 9.17) is 19.7 Å². The van der Waals surface area contributed by atoms with Gasteiger partial charge in [0.25, 0.3) is 0 Å². The second-order valence-corrected chi connectivity index (χ2v) is 8.87. The maximum atomic E-state index is 13.1. The van der Waals surface area contributed by atoms with Crippen LogP contribution in [0.15, 0.2) is 57.8 Å². The molecule has 0 unspecified atom stereocenters. The molecule has 0 saturated heterocycles. The van der Waals surface area contributed by atoms with E-state index in [2.05, 4.69) is 4.98 Å². The predicted molar refractivity (Wildman–Crippen MR) is 114 cm³/mol. The van der Waals surface area contributed by atoms with Gasteiger partial charge in [0.05, 0.1) is 4.90 Å². The number of oxazole rings is 1. The standard InChI is InChI=1S/C22H21FN2O6S/c1-3-18(22(26)27)20(24)32(28,29)17-10-8-16(9-11-17)30-12-19-13(2)31-21(25-19)14-4-6-15(23)7-5-14/h4-11,18,24H,3,12H2,1-2H3,(H,26,27)/t18-/m0/s1. The number of carbonyl (C=O) groups is 1. The smallest absolute Gasteiger partial charge is 0.313 e. The summed E-state index contributed by atoms with van der Waals surface area (Å²) in [5, 5.41) is 16.1. The van der Waals surface area contributed by atoms with Crippen molar-refractivity contribution >= 4 is 20.9 Å². The fraction of sp³-hybridized carbons (Fsp3) is 0.227. The molecule has 0 fully saturated rings. The molecular weight excluding hydrogens is 439 g/mol. The number of aryl methyl sites for hydroxylation is 1. The number of nitrogens with zero attached hydrogens (tertiary/aromatic N) is 1. The Labute approximate surface area is 184 Å². The average Bonchev–Trinajstić information content (AvgIpc) is 3.13. The number of carboxylic acids is 1. The first-order chi connectivity index (χ1) is 15.1. The lowest BCUT2D eigenvalue weighted by Crippen LogP contribution is -2.29. The van der Waals surface area contributed by atoms with Gasteiger partial charge in [-0.3, -0.25) is 10.2 Å². The third kappa shape index (κ3) is 4.86. The van der Waals surface area contributed by atoms with Gasteiger partial charge in [-0.25, -0.2) is 17.8 Å². The van der Waals surface area contributed by atoms with Crippen molar-refractivity contribution in [2.75, 3.05) is 0 Å². The van der Waals surface area contributed by atoms with Gasteiger partial charge in [-0.15, -0.1) is 0 Å². The van der Waals surface area contributed by atoms with E-state index in [1.807, 2.05) is 0 Å². The predicted octanol–water partition coefficient (Wildman–Crippen LogP) is 4.23. The van der Waals surface area contributed by atoms with Crippen LogP contribution in [-0.2, 0) is 21.2 Å². The topological polar surface area (TPSA) is 131 Å². The molecule has 32 heavy (non-hydrogen) atoms. The van der Waals surface area contributed by atoms with Crippen molar-refractivity contribution in [2.45, 2.75) is 31.8 Å². The number of hydrogen-bond acceptors (Lipinski definition) is 7. The molecule has 168 valence electrons. The van der Waals surface area contributed by atoms with Crippen molar-refractivity contribution in [3.8, 4) is 17.2 Å². The third-order valence-corrected chi connectivity index (χ3v) is 6.56. The molecule has 0 spiro atoms. The van der Waals surface area contributed by atoms with Crippen LogP contribution in [0, 0.1) is 24.1 Å². The number of halogens is 1. The molecule has 0 aliphatic rings. The van der Waals surface area contributed by atoms with Gasteiger partial charge in [0, 0.05) is 5.56 Å². The fourth-order valence-corrected chi connectivity index (χ4v) is 4.32. The van der Waals surface area contributed by atoms with E-state index < -0.39 is 26.8 Å². The lowest BCUT2D eigenvalue weighted by atomic mass is 10.1. The second-order valence-electron chi connectivity index (χ2n) is 6.96. The first-order valence-corrected chi connectivity index (χ1v) is 11.1. The van der Waals surface area contributed by atoms with Gasteiger partial charge in [0.15, 0.2) is 0 Å². The van der Waals surface area contributed by atoms with Crippen molar-refractivity contribution in [2.24, 2.45) is 5.92 Å². The van der Waals surface area contributed by atoms with Crippen molar-refractivity contribution in [3.63, 3.8) is 0 Å². The van der Waals surface area contributed by atoms with E-state index in [-0.39, 0.29) is 23.7 Å². The Morgan fingerprint density at radius 3 is 2.38 bits per heavy atom. The number of ether oxygens (including phenoxy) is 1. The number of sulfone groups is 1. The first-order valence-electron chi connectivity index (χ1n) is 9.65. The highest BCUT2D eigenvalue weighted by Crippen LogP contribution is 2.25. The molecule has 0 aliphatic heterocycles. The summed E-state index contributed by atoms with van der Waals surface area (Å²) in [4.78, 5) is 15.4. The molecule has 3 rings (SSSR count). The summed E-state index contributed by atoms with van der Waals surface area (Å²) in [6.07, 6.45) is -0.00838. The summed E-state index contributed by atoms with van der Waals surface area (Å²) < 4.78 is 49.5. The largest absolute Gasteiger partial charge is 0.487 e. The second kappa shape index (κ2) is 9.31. The fourth-order valence-electron chi connectivity index (χ4n) is 2.93. The minimum Gasteiger partial charge on any atom is -0.487 e. The molecule has 0 aliphatic carbocycles. The Hall–Kier alpha value is -3.53. The molecule has 8 nitrogen and oxygen atoms in total. The summed E-state index contributed by atoms with van der Waals surface area (Å²) in [6, 6.07) is 11.1. The number of rotatable bonds is 8. The molecule has 2 N–H and O–H groups in total. The van der Waals surface area contributed by atoms with Crippen LogP contribution in [0.5, 0.6) is 5.75 Å². The van der Waals surface area contributed by atoms with E-state index in [9.17, 15) is 17.6 Å². The summed E-state index contributed by atoms with van der Waals surface area (Å²) in [6.45, 7) is 3.27. The highest BCUT2D eigenvalue weighted by atomic mass is 32.2. The van der Waals surface area contributed by atoms with Crippen LogP contribution in [0.25, 0.3) is 11.5 Å². The highest BCUT2D eigenvalue weighted by Gasteiger charge is 2.32. The van der Waals surface area contributed by atoms with Crippen molar-refractivity contribution in [1.82, 2.24) is 4.98 Å². The van der Waals surface area contributed by atoms with Crippen molar-refractivity contribution in [1.29, 1.82) is 5.41 Å². The van der Waals surface area contributed by atoms with Gasteiger partial charge in [0.2, 0.25) is 15.7 Å². The van der Waals surface area contributed by atoms with Gasteiger partial charge in [-0.2, -0.15) is 0 Å². The summed E-state index contributed by atoms with van der Waals surface area (Å²) in [5.74, 6) is -1.92. The molecule has 1 aromatic heterocycles. The average molecular weight is 460 g/mol. The number of benzene rings is 2. The SMILES string of the molecule is CC[C@@H](C(=N)S(=O)(=O)c1ccc(OCc2nc(-c3ccc(F)cc3)oc2C)cc1)C(=O)O. The van der Waals surface area contributed by atoms with Crippen LogP contribution in [0.3, 0.4) is 0 Å². The Morgan fingerprint density at radius 1 is 1.19 bits per heavy atom. The maximum absolute atomic E-state index is 13.1. The number of aliphatic carboxylic acids is 1. The zero-order valence-corrected chi connectivity index (χ0v) is 18.1.